The SMILES string of the molecule is COCOc1ccc(OC)cc1OC. The van der Waals surface area contributed by atoms with Crippen LogP contribution < -0.4 is 14.2 Å². The van der Waals surface area contributed by atoms with Crippen LogP contribution in [0.15, 0.2) is 18.2 Å². The first kappa shape index (κ1) is 10.7. The van der Waals surface area contributed by atoms with E-state index < -0.39 is 0 Å². The lowest BCUT2D eigenvalue weighted by molar-refractivity contribution is 0.0491. The number of ether oxygens (including phenoxy) is 4. The molecule has 0 bridgehead atoms. The average molecular weight is 198 g/mol. The standard InChI is InChI=1S/C10H14O4/c1-11-7-14-9-5-4-8(12-2)6-10(9)13-3/h4-6H,7H2,1-3H3. The topological polar surface area (TPSA) is 36.9 Å². The van der Waals surface area contributed by atoms with Crippen LogP contribution in [-0.2, 0) is 4.74 Å². The third-order valence-corrected chi connectivity index (χ3v) is 1.70. The molecule has 0 aliphatic carbocycles. The summed E-state index contributed by atoms with van der Waals surface area (Å²) in [5.74, 6) is 1.99. The van der Waals surface area contributed by atoms with Gasteiger partial charge in [0, 0.05) is 13.2 Å². The van der Waals surface area contributed by atoms with E-state index in [1.54, 1.807) is 39.5 Å². The molecular weight excluding hydrogens is 184 g/mol. The third-order valence-electron chi connectivity index (χ3n) is 1.70. The van der Waals surface area contributed by atoms with Crippen LogP contribution in [0.1, 0.15) is 0 Å². The Morgan fingerprint density at radius 1 is 1.00 bits per heavy atom. The number of rotatable bonds is 5. The van der Waals surface area contributed by atoms with Crippen LogP contribution in [0, 0.1) is 0 Å². The second-order valence-corrected chi connectivity index (χ2v) is 2.57. The summed E-state index contributed by atoms with van der Waals surface area (Å²) >= 11 is 0. The molecule has 0 heterocycles. The van der Waals surface area contributed by atoms with Crippen molar-refractivity contribution in [2.24, 2.45) is 0 Å². The summed E-state index contributed by atoms with van der Waals surface area (Å²) in [6.07, 6.45) is 0. The van der Waals surface area contributed by atoms with Crippen LogP contribution in [0.5, 0.6) is 17.2 Å². The molecule has 0 fully saturated rings. The Labute approximate surface area is 83.3 Å². The number of hydrogen-bond donors (Lipinski definition) is 0. The largest absolute Gasteiger partial charge is 0.497 e. The van der Waals surface area contributed by atoms with E-state index in [1.165, 1.54) is 0 Å². The zero-order chi connectivity index (χ0) is 10.4. The minimum atomic E-state index is 0.197. The van der Waals surface area contributed by atoms with Crippen molar-refractivity contribution in [1.82, 2.24) is 0 Å². The minimum Gasteiger partial charge on any atom is -0.497 e. The first-order chi connectivity index (χ1) is 6.81. The van der Waals surface area contributed by atoms with Gasteiger partial charge in [0.25, 0.3) is 0 Å². The minimum absolute atomic E-state index is 0.197. The van der Waals surface area contributed by atoms with E-state index in [1.807, 2.05) is 0 Å². The predicted molar refractivity (Wildman–Crippen MR) is 52.1 cm³/mol. The zero-order valence-electron chi connectivity index (χ0n) is 8.57. The monoisotopic (exact) mass is 198 g/mol. The molecule has 4 nitrogen and oxygen atoms in total. The van der Waals surface area contributed by atoms with Gasteiger partial charge in [-0.25, -0.2) is 0 Å². The molecule has 0 aromatic heterocycles. The smallest absolute Gasteiger partial charge is 0.188 e. The van der Waals surface area contributed by atoms with Crippen LogP contribution in [0.4, 0.5) is 0 Å². The highest BCUT2D eigenvalue weighted by molar-refractivity contribution is 5.45. The molecule has 0 aliphatic rings. The molecular formula is C10H14O4. The first-order valence-corrected chi connectivity index (χ1v) is 4.15. The molecule has 0 saturated heterocycles. The van der Waals surface area contributed by atoms with Gasteiger partial charge in [0.1, 0.15) is 5.75 Å². The van der Waals surface area contributed by atoms with Crippen LogP contribution in [0.2, 0.25) is 0 Å². The number of methoxy groups -OCH3 is 3. The van der Waals surface area contributed by atoms with Gasteiger partial charge in [-0.3, -0.25) is 0 Å². The highest BCUT2D eigenvalue weighted by Gasteiger charge is 2.05. The lowest BCUT2D eigenvalue weighted by Gasteiger charge is -2.10. The van der Waals surface area contributed by atoms with Gasteiger partial charge in [0.05, 0.1) is 14.2 Å². The predicted octanol–water partition coefficient (Wildman–Crippen LogP) is 1.69. The van der Waals surface area contributed by atoms with E-state index in [2.05, 4.69) is 0 Å². The van der Waals surface area contributed by atoms with Crippen LogP contribution in [0.3, 0.4) is 0 Å². The maximum Gasteiger partial charge on any atom is 0.188 e. The summed E-state index contributed by atoms with van der Waals surface area (Å²) in [7, 11) is 4.74. The fourth-order valence-electron chi connectivity index (χ4n) is 1.02. The zero-order valence-corrected chi connectivity index (χ0v) is 8.57. The number of benzene rings is 1. The van der Waals surface area contributed by atoms with Crippen molar-refractivity contribution >= 4 is 0 Å². The molecule has 0 atom stereocenters. The fourth-order valence-corrected chi connectivity index (χ4v) is 1.02. The van der Waals surface area contributed by atoms with Crippen molar-refractivity contribution in [2.75, 3.05) is 28.1 Å². The molecule has 0 radical (unpaired) electrons. The van der Waals surface area contributed by atoms with Crippen molar-refractivity contribution < 1.29 is 18.9 Å². The Balaban J connectivity index is 2.82. The normalized spacial score (nSPS) is 9.64. The van der Waals surface area contributed by atoms with Gasteiger partial charge < -0.3 is 18.9 Å². The molecule has 1 aromatic rings. The molecule has 78 valence electrons. The average Bonchev–Trinajstić information content (AvgIpc) is 2.26. The summed E-state index contributed by atoms with van der Waals surface area (Å²) in [5, 5.41) is 0. The lowest BCUT2D eigenvalue weighted by Crippen LogP contribution is -2.00. The van der Waals surface area contributed by atoms with Gasteiger partial charge in [0.15, 0.2) is 18.3 Å². The van der Waals surface area contributed by atoms with Crippen LogP contribution >= 0.6 is 0 Å². The van der Waals surface area contributed by atoms with Gasteiger partial charge in [-0.2, -0.15) is 0 Å². The highest BCUT2D eigenvalue weighted by atomic mass is 16.7. The quantitative estimate of drug-likeness (QED) is 0.674. The molecule has 1 aromatic carbocycles. The first-order valence-electron chi connectivity index (χ1n) is 4.15. The van der Waals surface area contributed by atoms with E-state index in [9.17, 15) is 0 Å². The van der Waals surface area contributed by atoms with Crippen LogP contribution in [0.25, 0.3) is 0 Å². The molecule has 0 spiro atoms. The Bertz CT molecular complexity index is 285. The molecule has 4 heteroatoms. The van der Waals surface area contributed by atoms with Gasteiger partial charge in [-0.1, -0.05) is 0 Å². The van der Waals surface area contributed by atoms with E-state index >= 15 is 0 Å². The third kappa shape index (κ3) is 2.53. The summed E-state index contributed by atoms with van der Waals surface area (Å²) < 4.78 is 20.2. The van der Waals surface area contributed by atoms with Crippen molar-refractivity contribution in [1.29, 1.82) is 0 Å². The van der Waals surface area contributed by atoms with Crippen LogP contribution in [-0.4, -0.2) is 28.1 Å². The second-order valence-electron chi connectivity index (χ2n) is 2.57. The number of hydrogen-bond acceptors (Lipinski definition) is 4. The van der Waals surface area contributed by atoms with Crippen molar-refractivity contribution in [3.63, 3.8) is 0 Å². The lowest BCUT2D eigenvalue weighted by atomic mass is 10.3. The Morgan fingerprint density at radius 2 is 1.79 bits per heavy atom. The van der Waals surface area contributed by atoms with Gasteiger partial charge in [-0.05, 0) is 12.1 Å². The van der Waals surface area contributed by atoms with E-state index in [4.69, 9.17) is 18.9 Å². The summed E-state index contributed by atoms with van der Waals surface area (Å²) in [6, 6.07) is 5.33. The summed E-state index contributed by atoms with van der Waals surface area (Å²) in [4.78, 5) is 0. The Hall–Kier alpha value is -1.42. The molecule has 14 heavy (non-hydrogen) atoms. The van der Waals surface area contributed by atoms with E-state index in [0.717, 1.165) is 5.75 Å². The van der Waals surface area contributed by atoms with Gasteiger partial charge in [0.2, 0.25) is 0 Å². The maximum atomic E-state index is 5.27. The van der Waals surface area contributed by atoms with Crippen molar-refractivity contribution in [3.05, 3.63) is 18.2 Å². The van der Waals surface area contributed by atoms with Crippen molar-refractivity contribution in [2.45, 2.75) is 0 Å². The van der Waals surface area contributed by atoms with E-state index in [-0.39, 0.29) is 6.79 Å². The maximum absolute atomic E-state index is 5.27. The second kappa shape index (κ2) is 5.34. The molecule has 0 N–H and O–H groups in total. The Morgan fingerprint density at radius 3 is 2.36 bits per heavy atom. The molecule has 0 unspecified atom stereocenters. The molecule has 1 rings (SSSR count). The van der Waals surface area contributed by atoms with E-state index in [0.29, 0.717) is 11.5 Å². The fraction of sp³-hybridized carbons (Fsp3) is 0.400. The van der Waals surface area contributed by atoms with Gasteiger partial charge in [-0.15, -0.1) is 0 Å². The van der Waals surface area contributed by atoms with Gasteiger partial charge >= 0.3 is 0 Å². The summed E-state index contributed by atoms with van der Waals surface area (Å²) in [6.45, 7) is 0.197. The van der Waals surface area contributed by atoms with Crippen molar-refractivity contribution in [3.8, 4) is 17.2 Å². The summed E-state index contributed by atoms with van der Waals surface area (Å²) in [5.41, 5.74) is 0. The molecule has 0 aliphatic heterocycles. The molecule has 0 amide bonds. The Kier molecular flexibility index (Phi) is 4.07. The highest BCUT2D eigenvalue weighted by Crippen LogP contribution is 2.30. The molecule has 0 saturated carbocycles.